The summed E-state index contributed by atoms with van der Waals surface area (Å²) in [5.74, 6) is 0. The molecule has 0 fully saturated rings. The molecule has 54 valence electrons. The fourth-order valence-corrected chi connectivity index (χ4v) is 0.373. The fourth-order valence-electron chi connectivity index (χ4n) is 0.373. The molecule has 0 N–H and O–H groups in total. The molecule has 0 heterocycles. The van der Waals surface area contributed by atoms with Gasteiger partial charge in [0.05, 0.1) is 0 Å². The summed E-state index contributed by atoms with van der Waals surface area (Å²) in [7, 11) is 4.06. The van der Waals surface area contributed by atoms with Crippen LogP contribution in [-0.2, 0) is 0 Å². The topological polar surface area (TPSA) is 3.24 Å². The molecule has 0 spiro atoms. The summed E-state index contributed by atoms with van der Waals surface area (Å²) in [4.78, 5) is 2.05. The minimum atomic E-state index is 0.310. The van der Waals surface area contributed by atoms with E-state index in [0.29, 0.717) is 5.41 Å². The molecule has 0 aromatic heterocycles. The average Bonchev–Trinajstić information content (AvgIpc) is 1.59. The van der Waals surface area contributed by atoms with E-state index < -0.39 is 0 Å². The number of nitrogens with zero attached hydrogens (tertiary/aromatic N) is 1. The molecule has 0 radical (unpaired) electrons. The summed E-state index contributed by atoms with van der Waals surface area (Å²) in [5.41, 5.74) is 0.310. The van der Waals surface area contributed by atoms with E-state index in [4.69, 9.17) is 0 Å². The standard InChI is InChI=1S/C8H17N/c1-8(2,3)6-7-9(4)5/h6-7H,1-5H3. The van der Waals surface area contributed by atoms with Gasteiger partial charge in [0, 0.05) is 14.1 Å². The molecular weight excluding hydrogens is 110 g/mol. The Kier molecular flexibility index (Phi) is 2.75. The Bertz CT molecular complexity index is 95.6. The second-order valence-corrected chi connectivity index (χ2v) is 3.65. The SMILES string of the molecule is CN(C)C=CC(C)(C)C. The lowest BCUT2D eigenvalue weighted by molar-refractivity contribution is 0.506. The van der Waals surface area contributed by atoms with Crippen molar-refractivity contribution in [3.8, 4) is 0 Å². The Labute approximate surface area is 58.4 Å². The summed E-state index contributed by atoms with van der Waals surface area (Å²) >= 11 is 0. The molecule has 0 aliphatic carbocycles. The van der Waals surface area contributed by atoms with Gasteiger partial charge in [-0.05, 0) is 11.6 Å². The van der Waals surface area contributed by atoms with Crippen LogP contribution < -0.4 is 0 Å². The van der Waals surface area contributed by atoms with E-state index in [0.717, 1.165) is 0 Å². The van der Waals surface area contributed by atoms with Gasteiger partial charge in [0.15, 0.2) is 0 Å². The molecule has 0 saturated carbocycles. The van der Waals surface area contributed by atoms with Gasteiger partial charge < -0.3 is 4.90 Å². The quantitative estimate of drug-likeness (QED) is 0.521. The molecule has 0 saturated heterocycles. The average molecular weight is 127 g/mol. The van der Waals surface area contributed by atoms with Crippen LogP contribution in [0.2, 0.25) is 0 Å². The predicted molar refractivity (Wildman–Crippen MR) is 42.3 cm³/mol. The molecule has 0 amide bonds. The van der Waals surface area contributed by atoms with Crippen molar-refractivity contribution in [3.05, 3.63) is 12.3 Å². The van der Waals surface area contributed by atoms with E-state index in [1.165, 1.54) is 0 Å². The van der Waals surface area contributed by atoms with E-state index in [2.05, 4.69) is 33.0 Å². The Hall–Kier alpha value is -0.460. The molecule has 0 atom stereocenters. The highest BCUT2D eigenvalue weighted by Gasteiger charge is 2.02. The Morgan fingerprint density at radius 1 is 1.11 bits per heavy atom. The van der Waals surface area contributed by atoms with E-state index >= 15 is 0 Å². The zero-order valence-electron chi connectivity index (χ0n) is 7.10. The van der Waals surface area contributed by atoms with Crippen molar-refractivity contribution in [3.63, 3.8) is 0 Å². The zero-order valence-corrected chi connectivity index (χ0v) is 7.10. The number of hydrogen-bond acceptors (Lipinski definition) is 1. The molecule has 1 nitrogen and oxygen atoms in total. The fraction of sp³-hybridized carbons (Fsp3) is 0.750. The second-order valence-electron chi connectivity index (χ2n) is 3.65. The Morgan fingerprint density at radius 2 is 1.56 bits per heavy atom. The lowest BCUT2D eigenvalue weighted by Gasteiger charge is -2.13. The van der Waals surface area contributed by atoms with Crippen LogP contribution >= 0.6 is 0 Å². The first-order valence-electron chi connectivity index (χ1n) is 3.27. The highest BCUT2D eigenvalue weighted by molar-refractivity contribution is 4.90. The van der Waals surface area contributed by atoms with Crippen LogP contribution in [0.15, 0.2) is 12.3 Å². The first-order chi connectivity index (χ1) is 3.92. The maximum atomic E-state index is 2.19. The third-order valence-electron chi connectivity index (χ3n) is 0.873. The molecule has 0 aliphatic rings. The van der Waals surface area contributed by atoms with Gasteiger partial charge in [-0.1, -0.05) is 26.8 Å². The molecule has 0 rings (SSSR count). The van der Waals surface area contributed by atoms with E-state index in [9.17, 15) is 0 Å². The first kappa shape index (κ1) is 8.54. The van der Waals surface area contributed by atoms with Gasteiger partial charge in [-0.2, -0.15) is 0 Å². The van der Waals surface area contributed by atoms with E-state index in [-0.39, 0.29) is 0 Å². The number of rotatable bonds is 1. The van der Waals surface area contributed by atoms with Crippen LogP contribution in [0.1, 0.15) is 20.8 Å². The van der Waals surface area contributed by atoms with Crippen molar-refractivity contribution in [2.24, 2.45) is 5.41 Å². The largest absolute Gasteiger partial charge is 0.384 e. The summed E-state index contributed by atoms with van der Waals surface area (Å²) in [6.45, 7) is 6.56. The smallest absolute Gasteiger partial charge is 0.00555 e. The van der Waals surface area contributed by atoms with Crippen LogP contribution in [0, 0.1) is 5.41 Å². The molecular formula is C8H17N. The lowest BCUT2D eigenvalue weighted by Crippen LogP contribution is -2.05. The second kappa shape index (κ2) is 2.90. The van der Waals surface area contributed by atoms with Gasteiger partial charge in [0.25, 0.3) is 0 Å². The molecule has 9 heavy (non-hydrogen) atoms. The van der Waals surface area contributed by atoms with Crippen LogP contribution in [0.25, 0.3) is 0 Å². The van der Waals surface area contributed by atoms with Crippen LogP contribution in [0.4, 0.5) is 0 Å². The first-order valence-corrected chi connectivity index (χ1v) is 3.27. The number of hydrogen-bond donors (Lipinski definition) is 0. The molecule has 0 aromatic carbocycles. The van der Waals surface area contributed by atoms with Gasteiger partial charge in [0.1, 0.15) is 0 Å². The summed E-state index contributed by atoms with van der Waals surface area (Å²) in [5, 5.41) is 0. The third kappa shape index (κ3) is 7.54. The summed E-state index contributed by atoms with van der Waals surface area (Å²) < 4.78 is 0. The molecule has 0 aliphatic heterocycles. The number of allylic oxidation sites excluding steroid dienone is 1. The lowest BCUT2D eigenvalue weighted by atomic mass is 9.97. The van der Waals surface area contributed by atoms with Gasteiger partial charge >= 0.3 is 0 Å². The van der Waals surface area contributed by atoms with Gasteiger partial charge in [-0.25, -0.2) is 0 Å². The molecule has 0 aromatic rings. The molecule has 1 heteroatoms. The Balaban J connectivity index is 3.71. The van der Waals surface area contributed by atoms with E-state index in [1.54, 1.807) is 0 Å². The van der Waals surface area contributed by atoms with Crippen molar-refractivity contribution >= 4 is 0 Å². The Morgan fingerprint density at radius 3 is 1.67 bits per heavy atom. The van der Waals surface area contributed by atoms with Crippen molar-refractivity contribution in [1.82, 2.24) is 4.90 Å². The van der Waals surface area contributed by atoms with Gasteiger partial charge in [-0.15, -0.1) is 0 Å². The van der Waals surface area contributed by atoms with Crippen molar-refractivity contribution in [2.45, 2.75) is 20.8 Å². The van der Waals surface area contributed by atoms with Crippen LogP contribution in [0.3, 0.4) is 0 Å². The predicted octanol–water partition coefficient (Wildman–Crippen LogP) is 2.11. The van der Waals surface area contributed by atoms with E-state index in [1.807, 2.05) is 19.0 Å². The van der Waals surface area contributed by atoms with Gasteiger partial charge in [0.2, 0.25) is 0 Å². The highest BCUT2D eigenvalue weighted by Crippen LogP contribution is 2.14. The van der Waals surface area contributed by atoms with Crippen LogP contribution in [-0.4, -0.2) is 19.0 Å². The third-order valence-corrected chi connectivity index (χ3v) is 0.873. The van der Waals surface area contributed by atoms with Gasteiger partial charge in [-0.3, -0.25) is 0 Å². The molecule has 0 unspecified atom stereocenters. The summed E-state index contributed by atoms with van der Waals surface area (Å²) in [6, 6.07) is 0. The van der Waals surface area contributed by atoms with Crippen LogP contribution in [0.5, 0.6) is 0 Å². The van der Waals surface area contributed by atoms with Crippen molar-refractivity contribution in [1.29, 1.82) is 0 Å². The maximum Gasteiger partial charge on any atom is 0.00555 e. The van der Waals surface area contributed by atoms with Crippen molar-refractivity contribution < 1.29 is 0 Å². The molecule has 0 bridgehead atoms. The monoisotopic (exact) mass is 127 g/mol. The summed E-state index contributed by atoms with van der Waals surface area (Å²) in [6.07, 6.45) is 4.27. The zero-order chi connectivity index (χ0) is 7.49. The maximum absolute atomic E-state index is 2.19. The van der Waals surface area contributed by atoms with Crippen molar-refractivity contribution in [2.75, 3.05) is 14.1 Å². The minimum absolute atomic E-state index is 0.310. The normalized spacial score (nSPS) is 12.6. The highest BCUT2D eigenvalue weighted by atomic mass is 15.0. The minimum Gasteiger partial charge on any atom is -0.384 e.